The standard InChI is InChI=1S/C10H12ClN5/c1-6-7(2)16-9(15-6)4-13-10-8(11)3-12-5-14-10/h3,5H,4H2,1-2H3,(H,15,16)(H,12,13,14). The van der Waals surface area contributed by atoms with Crippen molar-refractivity contribution >= 4 is 17.4 Å². The average Bonchev–Trinajstić information content (AvgIpc) is 2.57. The number of rotatable bonds is 3. The van der Waals surface area contributed by atoms with Gasteiger partial charge in [-0.25, -0.2) is 15.0 Å². The van der Waals surface area contributed by atoms with E-state index in [0.29, 0.717) is 17.4 Å². The third kappa shape index (κ3) is 2.30. The molecule has 6 heteroatoms. The molecule has 0 aliphatic carbocycles. The van der Waals surface area contributed by atoms with E-state index < -0.39 is 0 Å². The van der Waals surface area contributed by atoms with Gasteiger partial charge in [-0.3, -0.25) is 0 Å². The number of imidazole rings is 1. The van der Waals surface area contributed by atoms with Crippen molar-refractivity contribution < 1.29 is 0 Å². The molecule has 0 unspecified atom stereocenters. The molecule has 0 aliphatic heterocycles. The van der Waals surface area contributed by atoms with Crippen molar-refractivity contribution in [1.82, 2.24) is 19.9 Å². The first-order chi connectivity index (χ1) is 7.66. The van der Waals surface area contributed by atoms with Gasteiger partial charge in [-0.1, -0.05) is 11.6 Å². The van der Waals surface area contributed by atoms with Gasteiger partial charge in [0.15, 0.2) is 0 Å². The normalized spacial score (nSPS) is 10.4. The van der Waals surface area contributed by atoms with Gasteiger partial charge in [0.05, 0.1) is 18.4 Å². The van der Waals surface area contributed by atoms with Crippen molar-refractivity contribution in [2.45, 2.75) is 20.4 Å². The fraction of sp³-hybridized carbons (Fsp3) is 0.300. The largest absolute Gasteiger partial charge is 0.362 e. The second kappa shape index (κ2) is 4.49. The number of halogens is 1. The van der Waals surface area contributed by atoms with Gasteiger partial charge < -0.3 is 10.3 Å². The molecular weight excluding hydrogens is 226 g/mol. The molecule has 0 fully saturated rings. The van der Waals surface area contributed by atoms with Crippen LogP contribution in [-0.2, 0) is 6.54 Å². The molecule has 2 rings (SSSR count). The highest BCUT2D eigenvalue weighted by atomic mass is 35.5. The van der Waals surface area contributed by atoms with Crippen LogP contribution in [0.3, 0.4) is 0 Å². The smallest absolute Gasteiger partial charge is 0.148 e. The van der Waals surface area contributed by atoms with Gasteiger partial charge in [0.25, 0.3) is 0 Å². The lowest BCUT2D eigenvalue weighted by Crippen LogP contribution is -2.03. The van der Waals surface area contributed by atoms with Crippen molar-refractivity contribution in [2.24, 2.45) is 0 Å². The molecule has 16 heavy (non-hydrogen) atoms. The van der Waals surface area contributed by atoms with Crippen molar-refractivity contribution in [3.63, 3.8) is 0 Å². The third-order valence-corrected chi connectivity index (χ3v) is 2.54. The highest BCUT2D eigenvalue weighted by Gasteiger charge is 2.04. The zero-order valence-electron chi connectivity index (χ0n) is 9.08. The van der Waals surface area contributed by atoms with Crippen LogP contribution in [0.1, 0.15) is 17.2 Å². The summed E-state index contributed by atoms with van der Waals surface area (Å²) < 4.78 is 0. The topological polar surface area (TPSA) is 66.5 Å². The van der Waals surface area contributed by atoms with E-state index in [-0.39, 0.29) is 0 Å². The molecule has 0 amide bonds. The molecule has 0 saturated heterocycles. The fourth-order valence-electron chi connectivity index (χ4n) is 1.32. The number of nitrogens with one attached hydrogen (secondary N) is 2. The summed E-state index contributed by atoms with van der Waals surface area (Å²) in [5, 5.41) is 3.60. The van der Waals surface area contributed by atoms with Crippen molar-refractivity contribution in [2.75, 3.05) is 5.32 Å². The number of H-pyrrole nitrogens is 1. The first kappa shape index (κ1) is 10.9. The zero-order valence-corrected chi connectivity index (χ0v) is 9.84. The Bertz CT molecular complexity index is 474. The van der Waals surface area contributed by atoms with E-state index in [1.165, 1.54) is 6.33 Å². The van der Waals surface area contributed by atoms with Crippen LogP contribution in [0.15, 0.2) is 12.5 Å². The molecule has 0 aliphatic rings. The maximum atomic E-state index is 5.91. The second-order valence-electron chi connectivity index (χ2n) is 3.47. The molecule has 84 valence electrons. The molecule has 2 N–H and O–H groups in total. The van der Waals surface area contributed by atoms with E-state index in [2.05, 4.69) is 25.3 Å². The lowest BCUT2D eigenvalue weighted by atomic mass is 10.4. The molecular formula is C10H12ClN5. The molecule has 0 aromatic carbocycles. The minimum absolute atomic E-state index is 0.502. The Morgan fingerprint density at radius 2 is 2.25 bits per heavy atom. The summed E-state index contributed by atoms with van der Waals surface area (Å²) in [6.07, 6.45) is 3.00. The lowest BCUT2D eigenvalue weighted by molar-refractivity contribution is 0.972. The van der Waals surface area contributed by atoms with E-state index in [1.807, 2.05) is 13.8 Å². The quantitative estimate of drug-likeness (QED) is 0.858. The van der Waals surface area contributed by atoms with Gasteiger partial charge in [-0.2, -0.15) is 0 Å². The zero-order chi connectivity index (χ0) is 11.5. The van der Waals surface area contributed by atoms with E-state index >= 15 is 0 Å². The summed E-state index contributed by atoms with van der Waals surface area (Å²) in [4.78, 5) is 15.4. The van der Waals surface area contributed by atoms with Gasteiger partial charge in [-0.05, 0) is 13.8 Å². The molecule has 0 radical (unpaired) electrons. The van der Waals surface area contributed by atoms with Gasteiger partial charge >= 0.3 is 0 Å². The summed E-state index contributed by atoms with van der Waals surface area (Å²) in [5.74, 6) is 1.48. The van der Waals surface area contributed by atoms with Gasteiger partial charge in [0, 0.05) is 5.69 Å². The molecule has 2 aromatic rings. The summed E-state index contributed by atoms with van der Waals surface area (Å²) >= 11 is 5.91. The van der Waals surface area contributed by atoms with Crippen LogP contribution in [-0.4, -0.2) is 19.9 Å². The highest BCUT2D eigenvalue weighted by Crippen LogP contribution is 2.16. The first-order valence-electron chi connectivity index (χ1n) is 4.88. The summed E-state index contributed by atoms with van der Waals surface area (Å²) in [6, 6.07) is 0. The van der Waals surface area contributed by atoms with Gasteiger partial charge in [0.2, 0.25) is 0 Å². The molecule has 2 aromatic heterocycles. The van der Waals surface area contributed by atoms with E-state index in [0.717, 1.165) is 17.2 Å². The van der Waals surface area contributed by atoms with Gasteiger partial charge in [-0.15, -0.1) is 0 Å². The number of hydrogen-bond donors (Lipinski definition) is 2. The molecule has 2 heterocycles. The summed E-state index contributed by atoms with van der Waals surface area (Å²) in [6.45, 7) is 4.52. The Morgan fingerprint density at radius 1 is 1.44 bits per heavy atom. The summed E-state index contributed by atoms with van der Waals surface area (Å²) in [5.41, 5.74) is 2.08. The van der Waals surface area contributed by atoms with Crippen LogP contribution in [0, 0.1) is 13.8 Å². The van der Waals surface area contributed by atoms with Crippen LogP contribution in [0.4, 0.5) is 5.82 Å². The Morgan fingerprint density at radius 3 is 2.88 bits per heavy atom. The average molecular weight is 238 g/mol. The van der Waals surface area contributed by atoms with Crippen LogP contribution in [0.2, 0.25) is 5.02 Å². The molecule has 0 spiro atoms. The number of aromatic amines is 1. The molecule has 5 nitrogen and oxygen atoms in total. The monoisotopic (exact) mass is 237 g/mol. The number of hydrogen-bond acceptors (Lipinski definition) is 4. The molecule has 0 bridgehead atoms. The van der Waals surface area contributed by atoms with Crippen molar-refractivity contribution in [1.29, 1.82) is 0 Å². The number of aryl methyl sites for hydroxylation is 2. The Balaban J connectivity index is 2.05. The highest BCUT2D eigenvalue weighted by molar-refractivity contribution is 6.32. The number of aromatic nitrogens is 4. The van der Waals surface area contributed by atoms with Crippen LogP contribution in [0.5, 0.6) is 0 Å². The predicted molar refractivity (Wildman–Crippen MR) is 62.4 cm³/mol. The predicted octanol–water partition coefficient (Wildman–Crippen LogP) is 2.08. The number of nitrogens with zero attached hydrogens (tertiary/aromatic N) is 3. The Hall–Kier alpha value is -1.62. The molecule has 0 atom stereocenters. The fourth-order valence-corrected chi connectivity index (χ4v) is 1.49. The second-order valence-corrected chi connectivity index (χ2v) is 3.87. The minimum atomic E-state index is 0.502. The van der Waals surface area contributed by atoms with Crippen LogP contribution < -0.4 is 5.32 Å². The van der Waals surface area contributed by atoms with E-state index in [1.54, 1.807) is 6.20 Å². The SMILES string of the molecule is Cc1nc(CNc2ncncc2Cl)[nH]c1C. The Kier molecular flexibility index (Phi) is 3.05. The van der Waals surface area contributed by atoms with Gasteiger partial charge in [0.1, 0.15) is 23.0 Å². The lowest BCUT2D eigenvalue weighted by Gasteiger charge is -2.03. The van der Waals surface area contributed by atoms with E-state index in [9.17, 15) is 0 Å². The Labute approximate surface area is 98.3 Å². The maximum Gasteiger partial charge on any atom is 0.148 e. The van der Waals surface area contributed by atoms with Crippen molar-refractivity contribution in [3.8, 4) is 0 Å². The van der Waals surface area contributed by atoms with E-state index in [4.69, 9.17) is 11.6 Å². The summed E-state index contributed by atoms with van der Waals surface area (Å²) in [7, 11) is 0. The van der Waals surface area contributed by atoms with Crippen molar-refractivity contribution in [3.05, 3.63) is 34.8 Å². The third-order valence-electron chi connectivity index (χ3n) is 2.27. The number of anilines is 1. The van der Waals surface area contributed by atoms with Crippen LogP contribution in [0.25, 0.3) is 0 Å². The van der Waals surface area contributed by atoms with Crippen LogP contribution >= 0.6 is 11.6 Å². The first-order valence-corrected chi connectivity index (χ1v) is 5.26. The molecule has 0 saturated carbocycles. The maximum absolute atomic E-state index is 5.91. The minimum Gasteiger partial charge on any atom is -0.362 e.